The molecule has 0 bridgehead atoms. The summed E-state index contributed by atoms with van der Waals surface area (Å²) in [6.07, 6.45) is -0.465. The Morgan fingerprint density at radius 1 is 1.23 bits per heavy atom. The number of halogens is 2. The van der Waals surface area contributed by atoms with Gasteiger partial charge >= 0.3 is 0 Å². The number of amides is 2. The maximum absolute atomic E-state index is 13.2. The van der Waals surface area contributed by atoms with Gasteiger partial charge in [0.2, 0.25) is 11.8 Å². The number of carbonyl (C=O) groups excluding carboxylic acids is 2. The molecule has 1 unspecified atom stereocenters. The lowest BCUT2D eigenvalue weighted by molar-refractivity contribution is -0.129. The topological polar surface area (TPSA) is 64.7 Å². The zero-order valence-corrected chi connectivity index (χ0v) is 14.8. The molecule has 6 nitrogen and oxygen atoms in total. The first-order valence-corrected chi connectivity index (χ1v) is 8.83. The molecule has 3 rings (SSSR count). The van der Waals surface area contributed by atoms with Gasteiger partial charge in [0.15, 0.2) is 0 Å². The largest absolute Gasteiger partial charge is 0.368 e. The molecule has 1 aromatic carbocycles. The Morgan fingerprint density at radius 2 is 1.92 bits per heavy atom. The number of benzene rings is 1. The van der Waals surface area contributed by atoms with E-state index < -0.39 is 30.8 Å². The number of piperazine rings is 1. The van der Waals surface area contributed by atoms with E-state index in [1.54, 1.807) is 6.92 Å². The van der Waals surface area contributed by atoms with Crippen molar-refractivity contribution in [3.63, 3.8) is 0 Å². The molecule has 2 aliphatic rings. The predicted molar refractivity (Wildman–Crippen MR) is 94.1 cm³/mol. The smallest absolute Gasteiger partial charge is 0.262 e. The van der Waals surface area contributed by atoms with Gasteiger partial charge in [-0.2, -0.15) is 0 Å². The predicted octanol–water partition coefficient (Wildman–Crippen LogP) is 0.969. The number of para-hydroxylation sites is 1. The van der Waals surface area contributed by atoms with Gasteiger partial charge in [0.05, 0.1) is 12.6 Å². The lowest BCUT2D eigenvalue weighted by Crippen LogP contribution is -2.48. The number of anilines is 1. The van der Waals surface area contributed by atoms with Gasteiger partial charge in [-0.3, -0.25) is 14.9 Å². The van der Waals surface area contributed by atoms with Crippen molar-refractivity contribution < 1.29 is 18.4 Å². The van der Waals surface area contributed by atoms with Crippen molar-refractivity contribution >= 4 is 17.5 Å². The molecular weight excluding hydrogens is 342 g/mol. The molecule has 142 valence electrons. The first-order chi connectivity index (χ1) is 12.4. The highest BCUT2D eigenvalue weighted by atomic mass is 19.3. The summed E-state index contributed by atoms with van der Waals surface area (Å²) in [5.74, 6) is -3.15. The highest BCUT2D eigenvalue weighted by Gasteiger charge is 2.42. The molecule has 2 fully saturated rings. The summed E-state index contributed by atoms with van der Waals surface area (Å²) in [7, 11) is 0. The van der Waals surface area contributed by atoms with Crippen molar-refractivity contribution in [3.8, 4) is 0 Å². The number of nitrogens with zero attached hydrogens (tertiary/aromatic N) is 2. The third kappa shape index (κ3) is 4.30. The third-order valence-electron chi connectivity index (χ3n) is 4.94. The summed E-state index contributed by atoms with van der Waals surface area (Å²) >= 11 is 0. The van der Waals surface area contributed by atoms with E-state index in [0.717, 1.165) is 24.3 Å². The van der Waals surface area contributed by atoms with Crippen LogP contribution >= 0.6 is 0 Å². The van der Waals surface area contributed by atoms with Crippen LogP contribution in [0.4, 0.5) is 14.5 Å². The number of rotatable bonds is 4. The van der Waals surface area contributed by atoms with Crippen molar-refractivity contribution in [2.24, 2.45) is 0 Å². The van der Waals surface area contributed by atoms with Gasteiger partial charge in [-0.25, -0.2) is 8.78 Å². The molecule has 2 aliphatic heterocycles. The molecule has 2 saturated heterocycles. The van der Waals surface area contributed by atoms with Crippen LogP contribution in [-0.2, 0) is 16.1 Å². The normalized spacial score (nSPS) is 22.3. The Morgan fingerprint density at radius 3 is 2.54 bits per heavy atom. The van der Waals surface area contributed by atoms with Crippen molar-refractivity contribution in [3.05, 3.63) is 29.8 Å². The second kappa shape index (κ2) is 7.57. The molecule has 2 heterocycles. The SMILES string of the molecule is CC(=O)N1CCN(c2ccccc2CNC(=O)C2CC(F)(F)CN2)CC1. The molecule has 2 N–H and O–H groups in total. The van der Waals surface area contributed by atoms with Gasteiger partial charge in [-0.15, -0.1) is 0 Å². The maximum atomic E-state index is 13.2. The monoisotopic (exact) mass is 366 g/mol. The first kappa shape index (κ1) is 18.6. The summed E-state index contributed by atoms with van der Waals surface area (Å²) in [5, 5.41) is 5.33. The van der Waals surface area contributed by atoms with Crippen LogP contribution in [0.2, 0.25) is 0 Å². The molecule has 26 heavy (non-hydrogen) atoms. The number of hydrogen-bond acceptors (Lipinski definition) is 4. The van der Waals surface area contributed by atoms with E-state index in [1.165, 1.54) is 0 Å². The van der Waals surface area contributed by atoms with Crippen LogP contribution in [0.1, 0.15) is 18.9 Å². The molecule has 2 amide bonds. The minimum absolute atomic E-state index is 0.0751. The molecule has 1 aromatic rings. The lowest BCUT2D eigenvalue weighted by Gasteiger charge is -2.36. The maximum Gasteiger partial charge on any atom is 0.262 e. The molecular formula is C18H24F2N4O2. The minimum Gasteiger partial charge on any atom is -0.368 e. The summed E-state index contributed by atoms with van der Waals surface area (Å²) in [6, 6.07) is 6.86. The van der Waals surface area contributed by atoms with Crippen LogP contribution in [0, 0.1) is 0 Å². The summed E-state index contributed by atoms with van der Waals surface area (Å²) in [5.41, 5.74) is 1.93. The average Bonchev–Trinajstić information content (AvgIpc) is 3.00. The molecule has 0 spiro atoms. The van der Waals surface area contributed by atoms with Crippen LogP contribution in [0.3, 0.4) is 0 Å². The van der Waals surface area contributed by atoms with Crippen molar-refractivity contribution in [1.82, 2.24) is 15.5 Å². The highest BCUT2D eigenvalue weighted by Crippen LogP contribution is 2.26. The Hall–Kier alpha value is -2.22. The zero-order chi connectivity index (χ0) is 18.7. The summed E-state index contributed by atoms with van der Waals surface area (Å²) < 4.78 is 26.5. The summed E-state index contributed by atoms with van der Waals surface area (Å²) in [4.78, 5) is 27.6. The fourth-order valence-corrected chi connectivity index (χ4v) is 3.44. The van der Waals surface area contributed by atoms with Crippen LogP contribution in [0.25, 0.3) is 0 Å². The van der Waals surface area contributed by atoms with Crippen molar-refractivity contribution in [2.75, 3.05) is 37.6 Å². The average molecular weight is 366 g/mol. The van der Waals surface area contributed by atoms with Crippen LogP contribution < -0.4 is 15.5 Å². The number of nitrogens with one attached hydrogen (secondary N) is 2. The van der Waals surface area contributed by atoms with Crippen molar-refractivity contribution in [1.29, 1.82) is 0 Å². The van der Waals surface area contributed by atoms with E-state index in [2.05, 4.69) is 15.5 Å². The Balaban J connectivity index is 1.59. The number of carbonyl (C=O) groups is 2. The van der Waals surface area contributed by atoms with Crippen LogP contribution in [-0.4, -0.2) is 61.4 Å². The Bertz CT molecular complexity index is 675. The number of alkyl halides is 2. The molecule has 8 heteroatoms. The van der Waals surface area contributed by atoms with E-state index in [0.29, 0.717) is 13.1 Å². The van der Waals surface area contributed by atoms with Gasteiger partial charge in [0.1, 0.15) is 0 Å². The van der Waals surface area contributed by atoms with Gasteiger partial charge in [-0.05, 0) is 11.6 Å². The second-order valence-electron chi connectivity index (χ2n) is 6.83. The fourth-order valence-electron chi connectivity index (χ4n) is 3.44. The van der Waals surface area contributed by atoms with E-state index >= 15 is 0 Å². The Labute approximate surface area is 151 Å². The quantitative estimate of drug-likeness (QED) is 0.834. The van der Waals surface area contributed by atoms with Gasteiger partial charge in [-0.1, -0.05) is 18.2 Å². The van der Waals surface area contributed by atoms with E-state index in [-0.39, 0.29) is 12.5 Å². The first-order valence-electron chi connectivity index (χ1n) is 8.83. The van der Waals surface area contributed by atoms with Crippen LogP contribution in [0.15, 0.2) is 24.3 Å². The molecule has 0 aliphatic carbocycles. The molecule has 0 aromatic heterocycles. The fraction of sp³-hybridized carbons (Fsp3) is 0.556. The van der Waals surface area contributed by atoms with E-state index in [1.807, 2.05) is 29.2 Å². The van der Waals surface area contributed by atoms with E-state index in [4.69, 9.17) is 0 Å². The minimum atomic E-state index is -2.82. The lowest BCUT2D eigenvalue weighted by atomic mass is 10.1. The summed E-state index contributed by atoms with van der Waals surface area (Å²) in [6.45, 7) is 4.17. The molecule has 0 saturated carbocycles. The number of hydrogen-bond donors (Lipinski definition) is 2. The Kier molecular flexibility index (Phi) is 5.41. The third-order valence-corrected chi connectivity index (χ3v) is 4.94. The highest BCUT2D eigenvalue weighted by molar-refractivity contribution is 5.82. The van der Waals surface area contributed by atoms with E-state index in [9.17, 15) is 18.4 Å². The standard InChI is InChI=1S/C18H24F2N4O2/c1-13(25)23-6-8-24(9-7-23)16-5-3-2-4-14(16)11-21-17(26)15-10-18(19,20)12-22-15/h2-5,15,22H,6-12H2,1H3,(H,21,26). The second-order valence-corrected chi connectivity index (χ2v) is 6.83. The molecule has 1 atom stereocenters. The van der Waals surface area contributed by atoms with Gasteiger partial charge < -0.3 is 15.1 Å². The van der Waals surface area contributed by atoms with Crippen molar-refractivity contribution in [2.45, 2.75) is 31.9 Å². The van der Waals surface area contributed by atoms with Gasteiger partial charge in [0, 0.05) is 51.8 Å². The zero-order valence-electron chi connectivity index (χ0n) is 14.8. The van der Waals surface area contributed by atoms with Gasteiger partial charge in [0.25, 0.3) is 5.92 Å². The van der Waals surface area contributed by atoms with Crippen LogP contribution in [0.5, 0.6) is 0 Å². The molecule has 0 radical (unpaired) electrons.